The van der Waals surface area contributed by atoms with Crippen LogP contribution in [0.5, 0.6) is 0 Å². The van der Waals surface area contributed by atoms with Gasteiger partial charge in [0.2, 0.25) is 0 Å². The average Bonchev–Trinajstić information content (AvgIpc) is 2.53. The van der Waals surface area contributed by atoms with Gasteiger partial charge in [0.05, 0.1) is 0 Å². The summed E-state index contributed by atoms with van der Waals surface area (Å²) in [7, 11) is 0. The molecule has 2 unspecified atom stereocenters. The molecule has 0 saturated carbocycles. The largest absolute Gasteiger partial charge is 0.327 e. The van der Waals surface area contributed by atoms with Gasteiger partial charge >= 0.3 is 0 Å². The summed E-state index contributed by atoms with van der Waals surface area (Å²) in [5.74, 6) is 0.607. The molecule has 1 nitrogen and oxygen atoms in total. The Bertz CT molecular complexity index is 399. The van der Waals surface area contributed by atoms with Crippen molar-refractivity contribution in [3.63, 3.8) is 0 Å². The highest BCUT2D eigenvalue weighted by atomic mass is 14.7. The maximum Gasteiger partial charge on any atom is 0.0108 e. The van der Waals surface area contributed by atoms with E-state index in [1.54, 1.807) is 11.1 Å². The fourth-order valence-electron chi connectivity index (χ4n) is 3.77. The average molecular weight is 287 g/mol. The first-order valence-electron chi connectivity index (χ1n) is 9.16. The van der Waals surface area contributed by atoms with Crippen molar-refractivity contribution in [1.82, 2.24) is 0 Å². The summed E-state index contributed by atoms with van der Waals surface area (Å²) in [6.45, 7) is 2.28. The van der Waals surface area contributed by atoms with E-state index in [9.17, 15) is 0 Å². The minimum atomic E-state index is 0.363. The summed E-state index contributed by atoms with van der Waals surface area (Å²) in [6.07, 6.45) is 14.7. The predicted octanol–water partition coefficient (Wildman–Crippen LogP) is 5.57. The fourth-order valence-corrected chi connectivity index (χ4v) is 3.77. The van der Waals surface area contributed by atoms with Crippen LogP contribution >= 0.6 is 0 Å². The van der Waals surface area contributed by atoms with E-state index >= 15 is 0 Å². The summed E-state index contributed by atoms with van der Waals surface area (Å²) in [6, 6.07) is 9.31. The number of aryl methyl sites for hydroxylation is 1. The number of nitrogens with two attached hydrogens (primary N) is 1. The first-order valence-corrected chi connectivity index (χ1v) is 9.16. The molecule has 1 heteroatoms. The van der Waals surface area contributed by atoms with E-state index in [1.165, 1.54) is 70.6 Å². The predicted molar refractivity (Wildman–Crippen MR) is 92.7 cm³/mol. The topological polar surface area (TPSA) is 26.0 Å². The lowest BCUT2D eigenvalue weighted by Crippen LogP contribution is -2.30. The molecule has 0 radical (unpaired) electrons. The molecule has 0 bridgehead atoms. The zero-order valence-electron chi connectivity index (χ0n) is 13.8. The van der Waals surface area contributed by atoms with Crippen LogP contribution in [-0.4, -0.2) is 6.04 Å². The molecular formula is C20H33N. The van der Waals surface area contributed by atoms with Gasteiger partial charge in [0.25, 0.3) is 0 Å². The molecule has 1 aromatic carbocycles. The Labute approximate surface area is 131 Å². The number of hydrogen-bond donors (Lipinski definition) is 1. The molecule has 0 amide bonds. The summed E-state index contributed by atoms with van der Waals surface area (Å²) < 4.78 is 0. The number of unbranched alkanes of at least 4 members (excludes halogenated alkanes) is 6. The minimum Gasteiger partial charge on any atom is -0.327 e. The van der Waals surface area contributed by atoms with Crippen LogP contribution in [0.2, 0.25) is 0 Å². The zero-order valence-corrected chi connectivity index (χ0v) is 13.8. The first-order chi connectivity index (χ1) is 10.3. The zero-order chi connectivity index (χ0) is 14.9. The maximum atomic E-state index is 6.53. The third-order valence-corrected chi connectivity index (χ3v) is 5.07. The Morgan fingerprint density at radius 3 is 2.57 bits per heavy atom. The maximum absolute atomic E-state index is 6.53. The number of fused-ring (bicyclic) bond motifs is 1. The molecule has 1 aliphatic carbocycles. The van der Waals surface area contributed by atoms with Gasteiger partial charge in [0, 0.05) is 6.04 Å². The van der Waals surface area contributed by atoms with Crippen molar-refractivity contribution in [2.45, 2.75) is 89.5 Å². The monoisotopic (exact) mass is 287 g/mol. The van der Waals surface area contributed by atoms with Gasteiger partial charge < -0.3 is 5.73 Å². The summed E-state index contributed by atoms with van der Waals surface area (Å²) in [5, 5.41) is 0. The molecule has 2 N–H and O–H groups in total. The molecule has 0 spiro atoms. The Morgan fingerprint density at radius 1 is 1.05 bits per heavy atom. The van der Waals surface area contributed by atoms with Crippen molar-refractivity contribution < 1.29 is 0 Å². The summed E-state index contributed by atoms with van der Waals surface area (Å²) in [5.41, 5.74) is 9.61. The molecule has 2 rings (SSSR count). The van der Waals surface area contributed by atoms with E-state index in [2.05, 4.69) is 31.2 Å². The second-order valence-electron chi connectivity index (χ2n) is 6.77. The Morgan fingerprint density at radius 2 is 1.76 bits per heavy atom. The molecule has 0 heterocycles. The molecule has 0 aliphatic heterocycles. The van der Waals surface area contributed by atoms with Crippen LogP contribution in [0.15, 0.2) is 24.3 Å². The van der Waals surface area contributed by atoms with Gasteiger partial charge in [-0.3, -0.25) is 0 Å². The molecule has 0 saturated heterocycles. The second-order valence-corrected chi connectivity index (χ2v) is 6.77. The van der Waals surface area contributed by atoms with E-state index in [1.807, 2.05) is 0 Å². The molecule has 118 valence electrons. The Balaban J connectivity index is 1.71. The summed E-state index contributed by atoms with van der Waals surface area (Å²) in [4.78, 5) is 0. The van der Waals surface area contributed by atoms with Crippen LogP contribution in [0.4, 0.5) is 0 Å². The first kappa shape index (κ1) is 16.5. The highest BCUT2D eigenvalue weighted by Gasteiger charge is 2.24. The van der Waals surface area contributed by atoms with Crippen LogP contribution < -0.4 is 5.73 Å². The lowest BCUT2D eigenvalue weighted by molar-refractivity contribution is 0.424. The van der Waals surface area contributed by atoms with Gasteiger partial charge in [0.15, 0.2) is 0 Å². The smallest absolute Gasteiger partial charge is 0.0108 e. The van der Waals surface area contributed by atoms with Crippen molar-refractivity contribution >= 4 is 0 Å². The van der Waals surface area contributed by atoms with Crippen LogP contribution in [0.25, 0.3) is 0 Å². The van der Waals surface area contributed by atoms with Gasteiger partial charge in [-0.25, -0.2) is 0 Å². The molecule has 21 heavy (non-hydrogen) atoms. The third kappa shape index (κ3) is 5.14. The molecule has 1 aromatic rings. The van der Waals surface area contributed by atoms with Gasteiger partial charge in [-0.15, -0.1) is 0 Å². The van der Waals surface area contributed by atoms with Gasteiger partial charge in [-0.05, 0) is 42.7 Å². The third-order valence-electron chi connectivity index (χ3n) is 5.07. The molecule has 0 aromatic heterocycles. The van der Waals surface area contributed by atoms with Crippen molar-refractivity contribution in [3.8, 4) is 0 Å². The van der Waals surface area contributed by atoms with Crippen LogP contribution in [0, 0.1) is 0 Å². The minimum absolute atomic E-state index is 0.363. The standard InChI is InChI=1S/C20H33N/c1-2-3-4-5-6-7-8-16-20(21)19-15-11-13-17-12-9-10-14-18(17)19/h9-10,12,14,19-20H,2-8,11,13,15-16,21H2,1H3. The highest BCUT2D eigenvalue weighted by Crippen LogP contribution is 2.34. The van der Waals surface area contributed by atoms with E-state index in [0.29, 0.717) is 12.0 Å². The lowest BCUT2D eigenvalue weighted by atomic mass is 9.78. The van der Waals surface area contributed by atoms with E-state index in [-0.39, 0.29) is 0 Å². The quantitative estimate of drug-likeness (QED) is 0.590. The highest BCUT2D eigenvalue weighted by molar-refractivity contribution is 5.33. The fraction of sp³-hybridized carbons (Fsp3) is 0.700. The van der Waals surface area contributed by atoms with E-state index in [0.717, 1.165) is 0 Å². The molecular weight excluding hydrogens is 254 g/mol. The van der Waals surface area contributed by atoms with Gasteiger partial charge in [-0.2, -0.15) is 0 Å². The summed E-state index contributed by atoms with van der Waals surface area (Å²) >= 11 is 0. The van der Waals surface area contributed by atoms with Gasteiger partial charge in [0.1, 0.15) is 0 Å². The Hall–Kier alpha value is -0.820. The van der Waals surface area contributed by atoms with Crippen molar-refractivity contribution in [2.75, 3.05) is 0 Å². The van der Waals surface area contributed by atoms with Gasteiger partial charge in [-0.1, -0.05) is 76.1 Å². The number of hydrogen-bond acceptors (Lipinski definition) is 1. The normalized spacial score (nSPS) is 19.2. The molecule has 1 aliphatic rings. The number of rotatable bonds is 9. The van der Waals surface area contributed by atoms with E-state index in [4.69, 9.17) is 5.73 Å². The molecule has 2 atom stereocenters. The van der Waals surface area contributed by atoms with Crippen molar-refractivity contribution in [1.29, 1.82) is 0 Å². The SMILES string of the molecule is CCCCCCCCCC(N)C1CCCc2ccccc21. The van der Waals surface area contributed by atoms with Crippen LogP contribution in [0.1, 0.15) is 88.2 Å². The van der Waals surface area contributed by atoms with E-state index < -0.39 is 0 Å². The van der Waals surface area contributed by atoms with Crippen molar-refractivity contribution in [3.05, 3.63) is 35.4 Å². The molecule has 0 fully saturated rings. The van der Waals surface area contributed by atoms with Crippen molar-refractivity contribution in [2.24, 2.45) is 5.73 Å². The second kappa shape index (κ2) is 9.25. The number of benzene rings is 1. The Kier molecular flexibility index (Phi) is 7.29. The van der Waals surface area contributed by atoms with Crippen LogP contribution in [0.3, 0.4) is 0 Å². The van der Waals surface area contributed by atoms with Crippen LogP contribution in [-0.2, 0) is 6.42 Å². The lowest BCUT2D eigenvalue weighted by Gasteiger charge is -2.30.